The number of hydrogen-bond donors (Lipinski definition) is 4. The lowest BCUT2D eigenvalue weighted by Crippen LogP contribution is -2.20. The van der Waals surface area contributed by atoms with Crippen LogP contribution in [0.25, 0.3) is 0 Å². The topological polar surface area (TPSA) is 135 Å². The molecule has 0 saturated heterocycles. The molecule has 0 saturated carbocycles. The number of ether oxygens (including phenoxy) is 1. The van der Waals surface area contributed by atoms with Crippen molar-refractivity contribution in [3.8, 4) is 0 Å². The normalized spacial score (nSPS) is 10.9. The second kappa shape index (κ2) is 10.5. The van der Waals surface area contributed by atoms with Gasteiger partial charge in [0.15, 0.2) is 0 Å². The Kier molecular flexibility index (Phi) is 9.09. The van der Waals surface area contributed by atoms with E-state index in [1.54, 1.807) is 18.6 Å². The number of carbonyl (C=O) groups excluding carboxylic acids is 1. The fraction of sp³-hybridized carbons (Fsp3) is 0.333. The number of hydrogen-bond acceptors (Lipinski definition) is 8. The van der Waals surface area contributed by atoms with E-state index in [0.29, 0.717) is 29.5 Å². The van der Waals surface area contributed by atoms with Crippen molar-refractivity contribution in [2.24, 2.45) is 5.73 Å². The molecule has 9 nitrogen and oxygen atoms in total. The smallest absolute Gasteiger partial charge is 0.275 e. The van der Waals surface area contributed by atoms with Crippen molar-refractivity contribution in [3.63, 3.8) is 0 Å². The second-order valence-corrected chi connectivity index (χ2v) is 7.95. The first-order chi connectivity index (χ1) is 12.4. The summed E-state index contributed by atoms with van der Waals surface area (Å²) in [6, 6.07) is 4.42. The van der Waals surface area contributed by atoms with Gasteiger partial charge in [0.1, 0.15) is 10.7 Å². The van der Waals surface area contributed by atoms with E-state index in [2.05, 4.69) is 20.3 Å². The summed E-state index contributed by atoms with van der Waals surface area (Å²) in [6.07, 6.45) is 0. The molecule has 1 amide bonds. The number of nitrogens with zero attached hydrogens (tertiary/aromatic N) is 1. The predicted molar refractivity (Wildman–Crippen MR) is 108 cm³/mol. The van der Waals surface area contributed by atoms with E-state index >= 15 is 0 Å². The minimum atomic E-state index is -3.65. The lowest BCUT2D eigenvalue weighted by molar-refractivity contribution is 0.102. The third-order valence-corrected chi connectivity index (χ3v) is 5.68. The van der Waals surface area contributed by atoms with Crippen LogP contribution in [0.15, 0.2) is 28.5 Å². The number of thiazole rings is 1. The Morgan fingerprint density at radius 2 is 2.07 bits per heavy atom. The first-order valence-electron chi connectivity index (χ1n) is 7.67. The first-order valence-corrected chi connectivity index (χ1v) is 10.0. The fourth-order valence-corrected chi connectivity index (χ4v) is 3.46. The summed E-state index contributed by atoms with van der Waals surface area (Å²) < 4.78 is 31.3. The Bertz CT molecular complexity index is 873. The summed E-state index contributed by atoms with van der Waals surface area (Å²) in [5.41, 5.74) is 6.63. The number of nitrogens with two attached hydrogens (primary N) is 1. The average Bonchev–Trinajstić information content (AvgIpc) is 3.12. The molecule has 1 heterocycles. The van der Waals surface area contributed by atoms with E-state index in [9.17, 15) is 13.2 Å². The third-order valence-electron chi connectivity index (χ3n) is 3.40. The second-order valence-electron chi connectivity index (χ2n) is 5.12. The van der Waals surface area contributed by atoms with Crippen molar-refractivity contribution in [2.45, 2.75) is 11.4 Å². The molecule has 0 aliphatic heterocycles. The van der Waals surface area contributed by atoms with Crippen molar-refractivity contribution in [3.05, 3.63) is 34.3 Å². The minimum Gasteiger partial charge on any atom is -0.383 e. The number of sulfonamides is 1. The highest BCUT2D eigenvalue weighted by atomic mass is 35.5. The van der Waals surface area contributed by atoms with Gasteiger partial charge < -0.3 is 21.1 Å². The SMILES string of the molecule is CNS(=O)(=O)c1ccc(NCCOC)c(NC(=O)c2csc(CN)n2)c1.Cl. The Morgan fingerprint density at radius 3 is 2.67 bits per heavy atom. The third kappa shape index (κ3) is 6.13. The summed E-state index contributed by atoms with van der Waals surface area (Å²) in [5, 5.41) is 8.03. The molecule has 1 aromatic carbocycles. The molecule has 150 valence electrons. The molecule has 2 aromatic rings. The number of methoxy groups -OCH3 is 1. The van der Waals surface area contributed by atoms with Gasteiger partial charge in [-0.25, -0.2) is 18.1 Å². The molecule has 0 radical (unpaired) electrons. The number of amides is 1. The standard InChI is InChI=1S/C15H21N5O4S2.ClH/c1-17-26(22,23)10-3-4-11(18-5-6-24-2)12(7-10)20-15(21)13-9-25-14(8-16)19-13;/h3-4,7,9,17-18H,5-6,8,16H2,1-2H3,(H,20,21);1H. The molecule has 0 atom stereocenters. The largest absolute Gasteiger partial charge is 0.383 e. The van der Waals surface area contributed by atoms with E-state index in [4.69, 9.17) is 10.5 Å². The van der Waals surface area contributed by atoms with Gasteiger partial charge >= 0.3 is 0 Å². The quantitative estimate of drug-likeness (QED) is 0.435. The van der Waals surface area contributed by atoms with Crippen LogP contribution < -0.4 is 21.1 Å². The van der Waals surface area contributed by atoms with Crippen molar-refractivity contribution in [2.75, 3.05) is 37.9 Å². The highest BCUT2D eigenvalue weighted by Crippen LogP contribution is 2.26. The zero-order valence-electron chi connectivity index (χ0n) is 14.8. The lowest BCUT2D eigenvalue weighted by Gasteiger charge is -2.14. The van der Waals surface area contributed by atoms with Crippen LogP contribution in [0.1, 0.15) is 15.5 Å². The van der Waals surface area contributed by atoms with Crippen LogP contribution >= 0.6 is 23.7 Å². The van der Waals surface area contributed by atoms with E-state index in [-0.39, 0.29) is 29.5 Å². The number of rotatable bonds is 9. The van der Waals surface area contributed by atoms with Crippen molar-refractivity contribution < 1.29 is 17.9 Å². The van der Waals surface area contributed by atoms with Crippen LogP contribution in [0.3, 0.4) is 0 Å². The van der Waals surface area contributed by atoms with Crippen LogP contribution in [-0.2, 0) is 21.3 Å². The molecule has 5 N–H and O–H groups in total. The molecule has 0 aliphatic rings. The molecular formula is C15H22ClN5O4S2. The average molecular weight is 436 g/mol. The summed E-state index contributed by atoms with van der Waals surface area (Å²) in [7, 11) is -0.752. The maximum Gasteiger partial charge on any atom is 0.275 e. The number of carbonyl (C=O) groups is 1. The predicted octanol–water partition coefficient (Wildman–Crippen LogP) is 1.24. The lowest BCUT2D eigenvalue weighted by atomic mass is 10.2. The zero-order chi connectivity index (χ0) is 19.2. The van der Waals surface area contributed by atoms with E-state index in [0.717, 1.165) is 0 Å². The van der Waals surface area contributed by atoms with Crippen LogP contribution in [0.2, 0.25) is 0 Å². The Morgan fingerprint density at radius 1 is 1.33 bits per heavy atom. The molecular weight excluding hydrogens is 414 g/mol. The van der Waals surface area contributed by atoms with Crippen LogP contribution in [0.4, 0.5) is 11.4 Å². The van der Waals surface area contributed by atoms with Gasteiger partial charge in [0.2, 0.25) is 10.0 Å². The van der Waals surface area contributed by atoms with Crippen LogP contribution in [0, 0.1) is 0 Å². The van der Waals surface area contributed by atoms with Crippen molar-refractivity contribution in [1.82, 2.24) is 9.71 Å². The number of nitrogens with one attached hydrogen (secondary N) is 3. The summed E-state index contributed by atoms with van der Waals surface area (Å²) >= 11 is 1.29. The molecule has 2 rings (SSSR count). The minimum absolute atomic E-state index is 0. The number of aromatic nitrogens is 1. The highest BCUT2D eigenvalue weighted by Gasteiger charge is 2.17. The highest BCUT2D eigenvalue weighted by molar-refractivity contribution is 7.89. The van der Waals surface area contributed by atoms with Gasteiger partial charge in [0.05, 0.1) is 22.9 Å². The van der Waals surface area contributed by atoms with Gasteiger partial charge in [-0.3, -0.25) is 4.79 Å². The van der Waals surface area contributed by atoms with Crippen molar-refractivity contribution >= 4 is 51.0 Å². The van der Waals surface area contributed by atoms with Crippen molar-refractivity contribution in [1.29, 1.82) is 0 Å². The monoisotopic (exact) mass is 435 g/mol. The van der Waals surface area contributed by atoms with Gasteiger partial charge in [-0.05, 0) is 25.2 Å². The molecule has 0 fully saturated rings. The van der Waals surface area contributed by atoms with Crippen LogP contribution in [-0.4, -0.2) is 46.6 Å². The zero-order valence-corrected chi connectivity index (χ0v) is 17.3. The molecule has 0 bridgehead atoms. The molecule has 12 heteroatoms. The Balaban J connectivity index is 0.00000364. The summed E-state index contributed by atoms with van der Waals surface area (Å²) in [6.45, 7) is 1.19. The maximum absolute atomic E-state index is 12.4. The van der Waals surface area contributed by atoms with Gasteiger partial charge in [-0.1, -0.05) is 0 Å². The van der Waals surface area contributed by atoms with E-state index < -0.39 is 15.9 Å². The van der Waals surface area contributed by atoms with E-state index in [1.807, 2.05) is 0 Å². The maximum atomic E-state index is 12.4. The van der Waals surface area contributed by atoms with E-state index in [1.165, 1.54) is 30.5 Å². The summed E-state index contributed by atoms with van der Waals surface area (Å²) in [5.74, 6) is -0.449. The van der Waals surface area contributed by atoms with Crippen LogP contribution in [0.5, 0.6) is 0 Å². The van der Waals surface area contributed by atoms with Gasteiger partial charge in [0, 0.05) is 25.6 Å². The molecule has 0 unspecified atom stereocenters. The molecule has 1 aromatic heterocycles. The fourth-order valence-electron chi connectivity index (χ4n) is 2.05. The Hall–Kier alpha value is -1.76. The first kappa shape index (κ1) is 23.3. The summed E-state index contributed by atoms with van der Waals surface area (Å²) in [4.78, 5) is 16.6. The molecule has 27 heavy (non-hydrogen) atoms. The van der Waals surface area contributed by atoms with Gasteiger partial charge in [0.25, 0.3) is 5.91 Å². The van der Waals surface area contributed by atoms with Gasteiger partial charge in [-0.2, -0.15) is 0 Å². The number of anilines is 2. The molecule has 0 spiro atoms. The van der Waals surface area contributed by atoms with Gasteiger partial charge in [-0.15, -0.1) is 23.7 Å². The molecule has 0 aliphatic carbocycles. The number of benzene rings is 1. The Labute approximate surface area is 168 Å². The number of halogens is 1.